The lowest BCUT2D eigenvalue weighted by atomic mass is 10.0. The van der Waals surface area contributed by atoms with Gasteiger partial charge in [-0.2, -0.15) is 0 Å². The predicted octanol–water partition coefficient (Wildman–Crippen LogP) is -0.309. The quantitative estimate of drug-likeness (QED) is 0.452. The van der Waals surface area contributed by atoms with Gasteiger partial charge in [-0.25, -0.2) is 0 Å². The van der Waals surface area contributed by atoms with Gasteiger partial charge in [0.2, 0.25) is 17.7 Å². The Morgan fingerprint density at radius 1 is 1.04 bits per heavy atom. The maximum Gasteiger partial charge on any atom is 0.325 e. The smallest absolute Gasteiger partial charge is 0.325 e. The van der Waals surface area contributed by atoms with Gasteiger partial charge in [-0.05, 0) is 31.6 Å². The summed E-state index contributed by atoms with van der Waals surface area (Å²) in [6, 6.07) is -3.31. The molecule has 0 bridgehead atoms. The number of nitrogens with one attached hydrogen (secondary N) is 2. The number of hydrogen-bond donors (Lipinski definition) is 4. The summed E-state index contributed by atoms with van der Waals surface area (Å²) in [7, 11) is 0. The summed E-state index contributed by atoms with van der Waals surface area (Å²) in [6.45, 7) is 8.99. The summed E-state index contributed by atoms with van der Waals surface area (Å²) in [5, 5.41) is 14.0. The fourth-order valence-corrected chi connectivity index (χ4v) is 2.93. The van der Waals surface area contributed by atoms with Crippen molar-refractivity contribution in [2.24, 2.45) is 17.6 Å². The molecular weight excluding hydrogens is 352 g/mol. The van der Waals surface area contributed by atoms with E-state index >= 15 is 0 Å². The Hall–Kier alpha value is -2.16. The van der Waals surface area contributed by atoms with Gasteiger partial charge >= 0.3 is 5.97 Å². The Bertz CT molecular complexity index is 578. The first kappa shape index (κ1) is 22.9. The zero-order chi connectivity index (χ0) is 20.9. The maximum atomic E-state index is 12.7. The van der Waals surface area contributed by atoms with Crippen LogP contribution in [0, 0.1) is 11.8 Å². The van der Waals surface area contributed by atoms with Crippen molar-refractivity contribution in [1.82, 2.24) is 15.5 Å². The van der Waals surface area contributed by atoms with Crippen molar-refractivity contribution < 1.29 is 24.3 Å². The second-order valence-corrected chi connectivity index (χ2v) is 7.76. The zero-order valence-corrected chi connectivity index (χ0v) is 16.7. The van der Waals surface area contributed by atoms with Gasteiger partial charge in [-0.3, -0.25) is 19.2 Å². The number of carbonyl (C=O) groups excluding carboxylic acids is 3. The second kappa shape index (κ2) is 9.68. The minimum absolute atomic E-state index is 0.0477. The molecule has 4 atom stereocenters. The zero-order valence-electron chi connectivity index (χ0n) is 16.7. The molecule has 154 valence electrons. The number of carboxylic acid groups (broad SMARTS) is 1. The summed E-state index contributed by atoms with van der Waals surface area (Å²) in [6.07, 6.45) is 1.18. The molecule has 3 amide bonds. The third-order valence-electron chi connectivity index (χ3n) is 4.82. The van der Waals surface area contributed by atoms with Crippen LogP contribution in [0.3, 0.4) is 0 Å². The first-order valence-electron chi connectivity index (χ1n) is 9.37. The molecule has 0 aromatic rings. The van der Waals surface area contributed by atoms with E-state index in [-0.39, 0.29) is 17.7 Å². The highest BCUT2D eigenvalue weighted by atomic mass is 16.4. The molecule has 1 aliphatic rings. The highest BCUT2D eigenvalue weighted by molar-refractivity contribution is 5.94. The summed E-state index contributed by atoms with van der Waals surface area (Å²) in [5.41, 5.74) is 5.94. The lowest BCUT2D eigenvalue weighted by molar-refractivity contribution is -0.143. The molecular formula is C18H32N4O5. The summed E-state index contributed by atoms with van der Waals surface area (Å²) in [5.74, 6) is -2.72. The van der Waals surface area contributed by atoms with E-state index in [4.69, 9.17) is 10.8 Å². The predicted molar refractivity (Wildman–Crippen MR) is 99.6 cm³/mol. The van der Waals surface area contributed by atoms with E-state index in [9.17, 15) is 19.2 Å². The number of nitrogens with two attached hydrogens (primary N) is 1. The minimum Gasteiger partial charge on any atom is -0.480 e. The molecule has 1 heterocycles. The van der Waals surface area contributed by atoms with E-state index in [0.717, 1.165) is 0 Å². The molecule has 0 aromatic carbocycles. The van der Waals surface area contributed by atoms with Crippen LogP contribution in [0.4, 0.5) is 0 Å². The second-order valence-electron chi connectivity index (χ2n) is 7.76. The molecule has 0 aliphatic carbocycles. The van der Waals surface area contributed by atoms with Crippen LogP contribution in [-0.4, -0.2) is 64.4 Å². The fourth-order valence-electron chi connectivity index (χ4n) is 2.93. The van der Waals surface area contributed by atoms with Crippen molar-refractivity contribution in [3.05, 3.63) is 0 Å². The van der Waals surface area contributed by atoms with Crippen molar-refractivity contribution in [3.8, 4) is 0 Å². The highest BCUT2D eigenvalue weighted by Gasteiger charge is 2.38. The Morgan fingerprint density at radius 2 is 1.63 bits per heavy atom. The molecule has 9 nitrogen and oxygen atoms in total. The maximum absolute atomic E-state index is 12.7. The van der Waals surface area contributed by atoms with E-state index in [1.54, 1.807) is 13.8 Å². The van der Waals surface area contributed by atoms with Crippen LogP contribution in [-0.2, 0) is 19.2 Å². The van der Waals surface area contributed by atoms with E-state index in [2.05, 4.69) is 10.6 Å². The standard InChI is InChI=1S/C18H32N4O5/c1-9(2)13(19)17(25)22-8-6-7-12(22)15(23)21-14(10(3)4)16(24)20-11(5)18(26)27/h9-14H,6-8,19H2,1-5H3,(H,20,24)(H,21,23)(H,26,27). The van der Waals surface area contributed by atoms with Gasteiger partial charge in [0.1, 0.15) is 18.1 Å². The molecule has 27 heavy (non-hydrogen) atoms. The number of amides is 3. The molecule has 5 N–H and O–H groups in total. The van der Waals surface area contributed by atoms with Crippen LogP contribution >= 0.6 is 0 Å². The van der Waals surface area contributed by atoms with Crippen molar-refractivity contribution in [2.75, 3.05) is 6.54 Å². The largest absolute Gasteiger partial charge is 0.480 e. The topological polar surface area (TPSA) is 142 Å². The van der Waals surface area contributed by atoms with Gasteiger partial charge in [0.05, 0.1) is 6.04 Å². The molecule has 1 fully saturated rings. The minimum atomic E-state index is -1.16. The molecule has 0 spiro atoms. The lowest BCUT2D eigenvalue weighted by Gasteiger charge is -2.30. The number of hydrogen-bond acceptors (Lipinski definition) is 5. The molecule has 4 unspecified atom stereocenters. The van der Waals surface area contributed by atoms with Gasteiger partial charge < -0.3 is 26.4 Å². The normalized spacial score (nSPS) is 20.3. The molecule has 1 saturated heterocycles. The number of rotatable bonds is 8. The van der Waals surface area contributed by atoms with Crippen LogP contribution < -0.4 is 16.4 Å². The monoisotopic (exact) mass is 384 g/mol. The fraction of sp³-hybridized carbons (Fsp3) is 0.778. The number of likely N-dealkylation sites (tertiary alicyclic amines) is 1. The third kappa shape index (κ3) is 5.92. The summed E-state index contributed by atoms with van der Waals surface area (Å²) < 4.78 is 0. The molecule has 9 heteroatoms. The van der Waals surface area contributed by atoms with Crippen LogP contribution in [0.5, 0.6) is 0 Å². The Morgan fingerprint density at radius 3 is 2.11 bits per heavy atom. The average molecular weight is 384 g/mol. The van der Waals surface area contributed by atoms with Crippen LogP contribution in [0.25, 0.3) is 0 Å². The van der Waals surface area contributed by atoms with Crippen molar-refractivity contribution in [2.45, 2.75) is 71.6 Å². The Balaban J connectivity index is 2.84. The molecule has 1 rings (SSSR count). The molecule has 1 aliphatic heterocycles. The van der Waals surface area contributed by atoms with E-state index < -0.39 is 42.0 Å². The average Bonchev–Trinajstić information content (AvgIpc) is 3.06. The van der Waals surface area contributed by atoms with Crippen LogP contribution in [0.15, 0.2) is 0 Å². The first-order valence-corrected chi connectivity index (χ1v) is 9.37. The van der Waals surface area contributed by atoms with Crippen molar-refractivity contribution in [1.29, 1.82) is 0 Å². The summed E-state index contributed by atoms with van der Waals surface area (Å²) in [4.78, 5) is 50.1. The number of carbonyl (C=O) groups is 4. The highest BCUT2D eigenvalue weighted by Crippen LogP contribution is 2.20. The first-order chi connectivity index (χ1) is 12.5. The van der Waals surface area contributed by atoms with E-state index in [1.165, 1.54) is 11.8 Å². The number of carboxylic acids is 1. The summed E-state index contributed by atoms with van der Waals surface area (Å²) >= 11 is 0. The van der Waals surface area contributed by atoms with Gasteiger partial charge in [-0.15, -0.1) is 0 Å². The molecule has 0 radical (unpaired) electrons. The van der Waals surface area contributed by atoms with Gasteiger partial charge in [0.25, 0.3) is 0 Å². The van der Waals surface area contributed by atoms with Gasteiger partial charge in [-0.1, -0.05) is 27.7 Å². The van der Waals surface area contributed by atoms with Crippen LogP contribution in [0.2, 0.25) is 0 Å². The van der Waals surface area contributed by atoms with Crippen LogP contribution in [0.1, 0.15) is 47.5 Å². The van der Waals surface area contributed by atoms with Crippen molar-refractivity contribution in [3.63, 3.8) is 0 Å². The van der Waals surface area contributed by atoms with Gasteiger partial charge in [0, 0.05) is 6.54 Å². The number of aliphatic carboxylic acids is 1. The SMILES string of the molecule is CC(NC(=O)C(NC(=O)C1CCCN1C(=O)C(N)C(C)C)C(C)C)C(=O)O. The Labute approximate surface area is 160 Å². The van der Waals surface area contributed by atoms with E-state index in [1.807, 2.05) is 13.8 Å². The molecule has 0 saturated carbocycles. The number of nitrogens with zero attached hydrogens (tertiary/aromatic N) is 1. The lowest BCUT2D eigenvalue weighted by Crippen LogP contribution is -2.58. The van der Waals surface area contributed by atoms with Crippen molar-refractivity contribution >= 4 is 23.7 Å². The van der Waals surface area contributed by atoms with Gasteiger partial charge in [0.15, 0.2) is 0 Å². The molecule has 0 aromatic heterocycles. The van der Waals surface area contributed by atoms with E-state index in [0.29, 0.717) is 19.4 Å². The Kier molecular flexibility index (Phi) is 8.20. The third-order valence-corrected chi connectivity index (χ3v) is 4.82.